The molecule has 2 fully saturated rings. The summed E-state index contributed by atoms with van der Waals surface area (Å²) in [6.07, 6.45) is 5.86. The first-order valence-corrected chi connectivity index (χ1v) is 5.51. The average molecular weight is 167 g/mol. The van der Waals surface area contributed by atoms with Gasteiger partial charge < -0.3 is 4.90 Å². The fourth-order valence-electron chi connectivity index (χ4n) is 2.58. The van der Waals surface area contributed by atoms with E-state index in [-0.39, 0.29) is 0 Å². The molecule has 0 radical (unpaired) electrons. The van der Waals surface area contributed by atoms with E-state index in [0.717, 1.165) is 17.9 Å². The Bertz CT molecular complexity index is 141. The van der Waals surface area contributed by atoms with E-state index in [1.807, 2.05) is 0 Å². The molecular weight excluding hydrogens is 146 g/mol. The van der Waals surface area contributed by atoms with E-state index in [9.17, 15) is 0 Å². The maximum absolute atomic E-state index is 2.71. The molecule has 2 aliphatic rings. The molecule has 1 heterocycles. The fourth-order valence-corrected chi connectivity index (χ4v) is 2.58. The number of rotatable bonds is 2. The van der Waals surface area contributed by atoms with E-state index in [4.69, 9.17) is 0 Å². The third-order valence-corrected chi connectivity index (χ3v) is 3.75. The van der Waals surface area contributed by atoms with Gasteiger partial charge in [-0.1, -0.05) is 13.8 Å². The molecule has 0 atom stereocenters. The Hall–Kier alpha value is -0.0400. The molecule has 0 bridgehead atoms. The third kappa shape index (κ3) is 1.52. The van der Waals surface area contributed by atoms with Crippen LogP contribution in [-0.2, 0) is 0 Å². The summed E-state index contributed by atoms with van der Waals surface area (Å²) in [6, 6.07) is 0.972. The van der Waals surface area contributed by atoms with Crippen molar-refractivity contribution < 1.29 is 0 Å². The van der Waals surface area contributed by atoms with Crippen molar-refractivity contribution in [3.63, 3.8) is 0 Å². The number of hydrogen-bond acceptors (Lipinski definition) is 1. The predicted molar refractivity (Wildman–Crippen MR) is 52.2 cm³/mol. The maximum Gasteiger partial charge on any atom is 0.0101 e. The molecule has 70 valence electrons. The van der Waals surface area contributed by atoms with Crippen molar-refractivity contribution in [2.75, 3.05) is 13.1 Å². The van der Waals surface area contributed by atoms with Crippen molar-refractivity contribution in [2.24, 2.45) is 11.8 Å². The molecule has 1 nitrogen and oxygen atoms in total. The van der Waals surface area contributed by atoms with Crippen LogP contribution in [0.25, 0.3) is 0 Å². The average Bonchev–Trinajstić information content (AvgIpc) is 2.34. The summed E-state index contributed by atoms with van der Waals surface area (Å²) in [5.41, 5.74) is 0. The van der Waals surface area contributed by atoms with Crippen LogP contribution in [0.15, 0.2) is 0 Å². The Morgan fingerprint density at radius 1 is 1.08 bits per heavy atom. The summed E-state index contributed by atoms with van der Waals surface area (Å²) >= 11 is 0. The molecule has 1 saturated carbocycles. The minimum atomic E-state index is 0.920. The molecule has 12 heavy (non-hydrogen) atoms. The molecule has 0 N–H and O–H groups in total. The Morgan fingerprint density at radius 3 is 2.17 bits per heavy atom. The van der Waals surface area contributed by atoms with Crippen LogP contribution in [0.5, 0.6) is 0 Å². The Labute approximate surface area is 76.1 Å². The van der Waals surface area contributed by atoms with Gasteiger partial charge in [0.15, 0.2) is 0 Å². The Kier molecular flexibility index (Phi) is 2.40. The van der Waals surface area contributed by atoms with Crippen molar-refractivity contribution in [1.82, 2.24) is 4.90 Å². The van der Waals surface area contributed by atoms with E-state index >= 15 is 0 Å². The lowest BCUT2D eigenvalue weighted by Gasteiger charge is -2.43. The maximum atomic E-state index is 2.71. The molecule has 0 amide bonds. The van der Waals surface area contributed by atoms with Gasteiger partial charge in [-0.3, -0.25) is 0 Å². The summed E-state index contributed by atoms with van der Waals surface area (Å²) in [5, 5.41) is 0. The molecule has 1 aliphatic carbocycles. The lowest BCUT2D eigenvalue weighted by molar-refractivity contribution is 0.0731. The highest BCUT2D eigenvalue weighted by Crippen LogP contribution is 2.37. The minimum absolute atomic E-state index is 0.920. The van der Waals surface area contributed by atoms with Crippen molar-refractivity contribution >= 4 is 0 Å². The second kappa shape index (κ2) is 3.37. The van der Waals surface area contributed by atoms with Crippen molar-refractivity contribution in [3.05, 3.63) is 0 Å². The second-order valence-corrected chi connectivity index (χ2v) is 4.87. The second-order valence-electron chi connectivity index (χ2n) is 4.87. The summed E-state index contributed by atoms with van der Waals surface area (Å²) in [7, 11) is 0. The van der Waals surface area contributed by atoms with Crippen LogP contribution >= 0.6 is 0 Å². The fraction of sp³-hybridized carbons (Fsp3) is 1.00. The van der Waals surface area contributed by atoms with Crippen LogP contribution in [0, 0.1) is 11.8 Å². The van der Waals surface area contributed by atoms with Crippen LogP contribution in [0.3, 0.4) is 0 Å². The molecule has 1 aliphatic heterocycles. The number of hydrogen-bond donors (Lipinski definition) is 0. The van der Waals surface area contributed by atoms with E-state index in [1.165, 1.54) is 38.8 Å². The van der Waals surface area contributed by atoms with Crippen LogP contribution in [0.2, 0.25) is 0 Å². The largest absolute Gasteiger partial charge is 0.300 e. The van der Waals surface area contributed by atoms with Crippen molar-refractivity contribution in [1.29, 1.82) is 0 Å². The summed E-state index contributed by atoms with van der Waals surface area (Å²) in [5.74, 6) is 1.96. The lowest BCUT2D eigenvalue weighted by Crippen LogP contribution is -2.44. The van der Waals surface area contributed by atoms with Gasteiger partial charge in [0.1, 0.15) is 0 Å². The van der Waals surface area contributed by atoms with Crippen LogP contribution in [0.4, 0.5) is 0 Å². The first kappa shape index (κ1) is 8.55. The quantitative estimate of drug-likeness (QED) is 0.611. The van der Waals surface area contributed by atoms with Crippen molar-refractivity contribution in [3.8, 4) is 0 Å². The molecule has 0 spiro atoms. The van der Waals surface area contributed by atoms with E-state index in [2.05, 4.69) is 18.7 Å². The monoisotopic (exact) mass is 167 g/mol. The molecule has 1 saturated heterocycles. The van der Waals surface area contributed by atoms with Gasteiger partial charge in [0.25, 0.3) is 0 Å². The standard InChI is InChI=1S/C11H21N/c1-9(2)10-7-11(8-10)12-5-3-4-6-12/h9-11H,3-8H2,1-2H3. The van der Waals surface area contributed by atoms with Gasteiger partial charge in [-0.05, 0) is 50.6 Å². The predicted octanol–water partition coefficient (Wildman–Crippen LogP) is 2.52. The van der Waals surface area contributed by atoms with Crippen LogP contribution in [-0.4, -0.2) is 24.0 Å². The van der Waals surface area contributed by atoms with Gasteiger partial charge in [0.05, 0.1) is 0 Å². The molecular formula is C11H21N. The topological polar surface area (TPSA) is 3.24 Å². The Balaban J connectivity index is 1.73. The molecule has 2 rings (SSSR count). The van der Waals surface area contributed by atoms with E-state index in [0.29, 0.717) is 0 Å². The van der Waals surface area contributed by atoms with Gasteiger partial charge in [0, 0.05) is 6.04 Å². The highest BCUT2D eigenvalue weighted by Gasteiger charge is 2.35. The molecule has 1 heteroatoms. The molecule has 0 aromatic heterocycles. The van der Waals surface area contributed by atoms with Crippen LogP contribution in [0.1, 0.15) is 39.5 Å². The zero-order chi connectivity index (χ0) is 8.55. The van der Waals surface area contributed by atoms with Crippen LogP contribution < -0.4 is 0 Å². The highest BCUT2D eigenvalue weighted by molar-refractivity contribution is 4.89. The molecule has 0 aromatic rings. The van der Waals surface area contributed by atoms with Gasteiger partial charge in [-0.25, -0.2) is 0 Å². The first-order valence-electron chi connectivity index (χ1n) is 5.51. The van der Waals surface area contributed by atoms with E-state index in [1.54, 1.807) is 0 Å². The smallest absolute Gasteiger partial charge is 0.0101 e. The SMILES string of the molecule is CC(C)C1CC(N2CCCC2)C1. The van der Waals surface area contributed by atoms with Gasteiger partial charge in [-0.15, -0.1) is 0 Å². The first-order chi connectivity index (χ1) is 5.77. The van der Waals surface area contributed by atoms with Gasteiger partial charge >= 0.3 is 0 Å². The van der Waals surface area contributed by atoms with Gasteiger partial charge in [-0.2, -0.15) is 0 Å². The molecule has 0 aromatic carbocycles. The van der Waals surface area contributed by atoms with E-state index < -0.39 is 0 Å². The molecule has 0 unspecified atom stereocenters. The third-order valence-electron chi connectivity index (χ3n) is 3.75. The number of nitrogens with zero attached hydrogens (tertiary/aromatic N) is 1. The summed E-state index contributed by atoms with van der Waals surface area (Å²) in [6.45, 7) is 7.50. The highest BCUT2D eigenvalue weighted by atomic mass is 15.2. The summed E-state index contributed by atoms with van der Waals surface area (Å²) < 4.78 is 0. The zero-order valence-corrected chi connectivity index (χ0v) is 8.42. The zero-order valence-electron chi connectivity index (χ0n) is 8.42. The minimum Gasteiger partial charge on any atom is -0.300 e. The normalized spacial score (nSPS) is 37.2. The van der Waals surface area contributed by atoms with Gasteiger partial charge in [0.2, 0.25) is 0 Å². The summed E-state index contributed by atoms with van der Waals surface area (Å²) in [4.78, 5) is 2.71. The Morgan fingerprint density at radius 2 is 1.67 bits per heavy atom. The lowest BCUT2D eigenvalue weighted by atomic mass is 9.73. The number of likely N-dealkylation sites (tertiary alicyclic amines) is 1. The van der Waals surface area contributed by atoms with Crippen molar-refractivity contribution in [2.45, 2.75) is 45.6 Å².